The molecule has 1 N–H and O–H groups in total. The van der Waals surface area contributed by atoms with E-state index < -0.39 is 0 Å². The minimum Gasteiger partial charge on any atom is -0.355 e. The molecule has 15 heavy (non-hydrogen) atoms. The van der Waals surface area contributed by atoms with Crippen molar-refractivity contribution in [2.75, 3.05) is 20.1 Å². The van der Waals surface area contributed by atoms with Crippen LogP contribution in [0.3, 0.4) is 0 Å². The third-order valence-corrected chi connectivity index (χ3v) is 2.73. The molecule has 0 saturated carbocycles. The molecule has 1 amide bonds. The number of hydrogen-bond donors (Lipinski definition) is 2. The fourth-order valence-corrected chi connectivity index (χ4v) is 1.19. The van der Waals surface area contributed by atoms with Gasteiger partial charge in [0.2, 0.25) is 5.91 Å². The largest absolute Gasteiger partial charge is 0.355 e. The van der Waals surface area contributed by atoms with Gasteiger partial charge in [0.1, 0.15) is 0 Å². The molecule has 1 atom stereocenters. The Morgan fingerprint density at radius 3 is 2.40 bits per heavy atom. The van der Waals surface area contributed by atoms with E-state index in [0.29, 0.717) is 6.04 Å². The number of carbonyl (C=O) groups excluding carboxylic acids is 1. The molecule has 0 bridgehead atoms. The van der Waals surface area contributed by atoms with Gasteiger partial charge < -0.3 is 10.2 Å². The van der Waals surface area contributed by atoms with Crippen LogP contribution < -0.4 is 5.32 Å². The van der Waals surface area contributed by atoms with Crippen molar-refractivity contribution in [2.45, 2.75) is 44.9 Å². The van der Waals surface area contributed by atoms with Crippen molar-refractivity contribution in [2.24, 2.45) is 0 Å². The standard InChI is InChI=1S/C11H24N2OS/c1-9(2)13(4)8-6-5-7-12-11(14)10(3)15/h9-10,15H,5-8H2,1-4H3,(H,12,14). The quantitative estimate of drug-likeness (QED) is 0.515. The molecule has 0 heterocycles. The molecule has 4 heteroatoms. The molecule has 3 nitrogen and oxygen atoms in total. The van der Waals surface area contributed by atoms with Crippen LogP contribution in [0.2, 0.25) is 0 Å². The maximum absolute atomic E-state index is 11.2. The van der Waals surface area contributed by atoms with Gasteiger partial charge in [0.05, 0.1) is 5.25 Å². The molecule has 0 fully saturated rings. The Bertz CT molecular complexity index is 183. The summed E-state index contributed by atoms with van der Waals surface area (Å²) in [6, 6.07) is 0.594. The number of thiol groups is 1. The Labute approximate surface area is 99.0 Å². The first-order chi connectivity index (χ1) is 6.95. The molecule has 0 aromatic heterocycles. The van der Waals surface area contributed by atoms with E-state index >= 15 is 0 Å². The summed E-state index contributed by atoms with van der Waals surface area (Å²) in [7, 11) is 2.12. The molecule has 0 aromatic rings. The zero-order valence-electron chi connectivity index (χ0n) is 10.3. The summed E-state index contributed by atoms with van der Waals surface area (Å²) in [5, 5.41) is 2.65. The van der Waals surface area contributed by atoms with Gasteiger partial charge in [-0.3, -0.25) is 4.79 Å². The first-order valence-electron chi connectivity index (χ1n) is 5.61. The lowest BCUT2D eigenvalue weighted by Crippen LogP contribution is -2.31. The van der Waals surface area contributed by atoms with E-state index in [0.717, 1.165) is 25.9 Å². The summed E-state index contributed by atoms with van der Waals surface area (Å²) in [4.78, 5) is 13.5. The average molecular weight is 232 g/mol. The molecule has 0 aliphatic heterocycles. The molecule has 0 radical (unpaired) electrons. The van der Waals surface area contributed by atoms with E-state index in [1.807, 2.05) is 0 Å². The van der Waals surface area contributed by atoms with Crippen molar-refractivity contribution in [3.8, 4) is 0 Å². The lowest BCUT2D eigenvalue weighted by Gasteiger charge is -2.20. The summed E-state index contributed by atoms with van der Waals surface area (Å²) >= 11 is 4.06. The molecule has 0 saturated heterocycles. The lowest BCUT2D eigenvalue weighted by molar-refractivity contribution is -0.120. The highest BCUT2D eigenvalue weighted by Gasteiger charge is 2.06. The van der Waals surface area contributed by atoms with Crippen molar-refractivity contribution in [3.05, 3.63) is 0 Å². The van der Waals surface area contributed by atoms with Crippen LogP contribution in [0.15, 0.2) is 0 Å². The zero-order valence-corrected chi connectivity index (χ0v) is 11.2. The topological polar surface area (TPSA) is 32.3 Å². The lowest BCUT2D eigenvalue weighted by atomic mass is 10.2. The number of nitrogens with one attached hydrogen (secondary N) is 1. The maximum Gasteiger partial charge on any atom is 0.232 e. The summed E-state index contributed by atoms with van der Waals surface area (Å²) in [5.41, 5.74) is 0. The van der Waals surface area contributed by atoms with E-state index in [1.165, 1.54) is 0 Å². The minimum absolute atomic E-state index is 0.0237. The average Bonchev–Trinajstić information content (AvgIpc) is 2.16. The first-order valence-corrected chi connectivity index (χ1v) is 6.12. The van der Waals surface area contributed by atoms with Crippen LogP contribution in [0, 0.1) is 0 Å². The van der Waals surface area contributed by atoms with Crippen LogP contribution in [0.5, 0.6) is 0 Å². The first kappa shape index (κ1) is 14.8. The Kier molecular flexibility index (Phi) is 7.88. The van der Waals surface area contributed by atoms with Gasteiger partial charge in [0.15, 0.2) is 0 Å². The van der Waals surface area contributed by atoms with Gasteiger partial charge in [0.25, 0.3) is 0 Å². The highest BCUT2D eigenvalue weighted by molar-refractivity contribution is 7.81. The smallest absolute Gasteiger partial charge is 0.232 e. The van der Waals surface area contributed by atoms with Crippen LogP contribution in [-0.4, -0.2) is 42.2 Å². The number of amides is 1. The van der Waals surface area contributed by atoms with Gasteiger partial charge in [-0.1, -0.05) is 0 Å². The summed E-state index contributed by atoms with van der Waals surface area (Å²) in [5.74, 6) is 0.0237. The fourth-order valence-electron chi connectivity index (χ4n) is 1.10. The fraction of sp³-hybridized carbons (Fsp3) is 0.909. The minimum atomic E-state index is -0.205. The van der Waals surface area contributed by atoms with Gasteiger partial charge in [-0.2, -0.15) is 12.6 Å². The van der Waals surface area contributed by atoms with Gasteiger partial charge in [0, 0.05) is 12.6 Å². The van der Waals surface area contributed by atoms with Crippen LogP contribution >= 0.6 is 12.6 Å². The molecule has 90 valence electrons. The van der Waals surface area contributed by atoms with E-state index in [2.05, 4.69) is 43.7 Å². The number of carbonyl (C=O) groups is 1. The van der Waals surface area contributed by atoms with E-state index in [-0.39, 0.29) is 11.2 Å². The van der Waals surface area contributed by atoms with Crippen LogP contribution in [0.1, 0.15) is 33.6 Å². The van der Waals surface area contributed by atoms with Crippen LogP contribution in [-0.2, 0) is 4.79 Å². The second kappa shape index (κ2) is 7.99. The van der Waals surface area contributed by atoms with E-state index in [1.54, 1.807) is 6.92 Å². The number of rotatable bonds is 7. The highest BCUT2D eigenvalue weighted by atomic mass is 32.1. The normalized spacial score (nSPS) is 13.3. The van der Waals surface area contributed by atoms with E-state index in [4.69, 9.17) is 0 Å². The molecule has 0 aliphatic carbocycles. The van der Waals surface area contributed by atoms with Gasteiger partial charge >= 0.3 is 0 Å². The molecular weight excluding hydrogens is 208 g/mol. The van der Waals surface area contributed by atoms with Crippen molar-refractivity contribution in [3.63, 3.8) is 0 Å². The Morgan fingerprint density at radius 1 is 1.33 bits per heavy atom. The Balaban J connectivity index is 3.36. The van der Waals surface area contributed by atoms with Crippen LogP contribution in [0.25, 0.3) is 0 Å². The zero-order chi connectivity index (χ0) is 11.8. The highest BCUT2D eigenvalue weighted by Crippen LogP contribution is 1.98. The Morgan fingerprint density at radius 2 is 1.93 bits per heavy atom. The van der Waals surface area contributed by atoms with Crippen molar-refractivity contribution in [1.29, 1.82) is 0 Å². The molecule has 0 spiro atoms. The van der Waals surface area contributed by atoms with Crippen molar-refractivity contribution >= 4 is 18.5 Å². The molecule has 0 aromatic carbocycles. The predicted molar refractivity (Wildman–Crippen MR) is 68.5 cm³/mol. The number of hydrogen-bond acceptors (Lipinski definition) is 3. The third kappa shape index (κ3) is 7.68. The van der Waals surface area contributed by atoms with E-state index in [9.17, 15) is 4.79 Å². The second-order valence-corrected chi connectivity index (χ2v) is 5.02. The molecule has 1 unspecified atom stereocenters. The maximum atomic E-state index is 11.2. The van der Waals surface area contributed by atoms with Crippen LogP contribution in [0.4, 0.5) is 0 Å². The van der Waals surface area contributed by atoms with Gasteiger partial charge in [-0.05, 0) is 47.2 Å². The van der Waals surface area contributed by atoms with Gasteiger partial charge in [-0.25, -0.2) is 0 Å². The molecular formula is C11H24N2OS. The molecule has 0 rings (SSSR count). The monoisotopic (exact) mass is 232 g/mol. The predicted octanol–water partition coefficient (Wildman–Crippen LogP) is 1.54. The van der Waals surface area contributed by atoms with Crippen molar-refractivity contribution < 1.29 is 4.79 Å². The Hall–Kier alpha value is -0.220. The second-order valence-electron chi connectivity index (χ2n) is 4.25. The van der Waals surface area contributed by atoms with Crippen molar-refractivity contribution in [1.82, 2.24) is 10.2 Å². The van der Waals surface area contributed by atoms with Gasteiger partial charge in [-0.15, -0.1) is 0 Å². The number of nitrogens with zero attached hydrogens (tertiary/aromatic N) is 1. The summed E-state index contributed by atoms with van der Waals surface area (Å²) in [6.45, 7) is 8.00. The number of unbranched alkanes of at least 4 members (excludes halogenated alkanes) is 1. The summed E-state index contributed by atoms with van der Waals surface area (Å²) < 4.78 is 0. The third-order valence-electron chi connectivity index (χ3n) is 2.50. The SMILES string of the molecule is CC(S)C(=O)NCCCCN(C)C(C)C. The molecule has 0 aliphatic rings. The summed E-state index contributed by atoms with van der Waals surface area (Å²) in [6.07, 6.45) is 2.15.